The molecule has 0 amide bonds. The lowest BCUT2D eigenvalue weighted by Gasteiger charge is -2.01. The van der Waals surface area contributed by atoms with Crippen molar-refractivity contribution < 1.29 is 9.47 Å². The molecule has 2 aromatic rings. The van der Waals surface area contributed by atoms with Gasteiger partial charge in [-0.2, -0.15) is 5.21 Å². The minimum absolute atomic E-state index is 0.247. The van der Waals surface area contributed by atoms with E-state index in [9.17, 15) is 0 Å². The normalized spacial score (nSPS) is 13.1. The van der Waals surface area contributed by atoms with E-state index in [0.717, 1.165) is 10.0 Å². The van der Waals surface area contributed by atoms with Gasteiger partial charge in [0.1, 0.15) is 0 Å². The number of nitrogens with zero attached hydrogens (tertiary/aromatic N) is 3. The van der Waals surface area contributed by atoms with E-state index in [1.165, 1.54) is 0 Å². The molecule has 0 atom stereocenters. The van der Waals surface area contributed by atoms with Crippen LogP contribution >= 0.6 is 15.9 Å². The van der Waals surface area contributed by atoms with Gasteiger partial charge in [-0.25, -0.2) is 0 Å². The Morgan fingerprint density at radius 3 is 2.80 bits per heavy atom. The first-order chi connectivity index (χ1) is 7.34. The second kappa shape index (κ2) is 3.20. The average Bonchev–Trinajstić information content (AvgIpc) is 2.85. The molecule has 76 valence electrons. The Labute approximate surface area is 92.7 Å². The zero-order valence-electron chi connectivity index (χ0n) is 7.40. The first kappa shape index (κ1) is 8.66. The van der Waals surface area contributed by atoms with Crippen molar-refractivity contribution >= 4 is 15.9 Å². The van der Waals surface area contributed by atoms with Gasteiger partial charge in [0.15, 0.2) is 11.5 Å². The smallest absolute Gasteiger partial charge is 0.231 e. The molecule has 0 unspecified atom stereocenters. The number of aromatic amines is 1. The van der Waals surface area contributed by atoms with Crippen molar-refractivity contribution in [3.05, 3.63) is 16.6 Å². The number of aromatic nitrogens is 4. The summed E-state index contributed by atoms with van der Waals surface area (Å²) in [5.74, 6) is 1.92. The maximum absolute atomic E-state index is 5.26. The van der Waals surface area contributed by atoms with Crippen LogP contribution in [0.2, 0.25) is 0 Å². The third-order valence-electron chi connectivity index (χ3n) is 2.05. The highest BCUT2D eigenvalue weighted by Gasteiger charge is 2.18. The molecular formula is C8H5BrN4O2. The molecule has 1 aliphatic rings. The third kappa shape index (κ3) is 1.35. The van der Waals surface area contributed by atoms with E-state index in [1.807, 2.05) is 12.1 Å². The summed E-state index contributed by atoms with van der Waals surface area (Å²) in [6.07, 6.45) is 0. The monoisotopic (exact) mass is 268 g/mol. The van der Waals surface area contributed by atoms with Gasteiger partial charge in [0.05, 0.1) is 0 Å². The molecule has 15 heavy (non-hydrogen) atoms. The number of halogens is 1. The second-order valence-electron chi connectivity index (χ2n) is 2.92. The first-order valence-electron chi connectivity index (χ1n) is 4.17. The van der Waals surface area contributed by atoms with Crippen LogP contribution in [-0.4, -0.2) is 27.4 Å². The van der Waals surface area contributed by atoms with Crippen LogP contribution < -0.4 is 9.47 Å². The SMILES string of the molecule is Brc1cc2c(cc1-c1nn[nH]n1)OCO2. The number of H-pyrrole nitrogens is 1. The number of fused-ring (bicyclic) bond motifs is 1. The van der Waals surface area contributed by atoms with Gasteiger partial charge >= 0.3 is 0 Å². The number of hydrogen-bond acceptors (Lipinski definition) is 5. The minimum atomic E-state index is 0.247. The standard InChI is InChI=1S/C8H5BrN4O2/c9-5-2-7-6(14-3-15-7)1-4(5)8-10-12-13-11-8/h1-2H,3H2,(H,10,11,12,13). The average molecular weight is 269 g/mol. The third-order valence-corrected chi connectivity index (χ3v) is 2.70. The highest BCUT2D eigenvalue weighted by molar-refractivity contribution is 9.10. The molecule has 0 spiro atoms. The molecule has 1 aliphatic heterocycles. The van der Waals surface area contributed by atoms with Crippen molar-refractivity contribution in [2.75, 3.05) is 6.79 Å². The zero-order valence-corrected chi connectivity index (χ0v) is 8.98. The fourth-order valence-electron chi connectivity index (χ4n) is 1.36. The summed E-state index contributed by atoms with van der Waals surface area (Å²) in [6.45, 7) is 0.247. The van der Waals surface area contributed by atoms with E-state index in [1.54, 1.807) is 0 Å². The van der Waals surface area contributed by atoms with Gasteiger partial charge in [-0.1, -0.05) is 0 Å². The predicted octanol–water partition coefficient (Wildman–Crippen LogP) is 1.36. The lowest BCUT2D eigenvalue weighted by molar-refractivity contribution is 0.174. The van der Waals surface area contributed by atoms with Crippen molar-refractivity contribution in [3.63, 3.8) is 0 Å². The maximum Gasteiger partial charge on any atom is 0.231 e. The highest BCUT2D eigenvalue weighted by Crippen LogP contribution is 2.39. The van der Waals surface area contributed by atoms with Crippen LogP contribution in [0.1, 0.15) is 0 Å². The maximum atomic E-state index is 5.26. The van der Waals surface area contributed by atoms with Crippen molar-refractivity contribution in [3.8, 4) is 22.9 Å². The number of ether oxygens (including phenoxy) is 2. The fraction of sp³-hybridized carbons (Fsp3) is 0.125. The largest absolute Gasteiger partial charge is 0.454 e. The van der Waals surface area contributed by atoms with Crippen molar-refractivity contribution in [1.29, 1.82) is 0 Å². The molecule has 0 fully saturated rings. The van der Waals surface area contributed by atoms with Crippen molar-refractivity contribution in [1.82, 2.24) is 20.6 Å². The number of benzene rings is 1. The highest BCUT2D eigenvalue weighted by atomic mass is 79.9. The summed E-state index contributed by atoms with van der Waals surface area (Å²) >= 11 is 3.41. The van der Waals surface area contributed by atoms with E-state index in [-0.39, 0.29) is 6.79 Å². The summed E-state index contributed by atoms with van der Waals surface area (Å²) in [6, 6.07) is 3.64. The van der Waals surface area contributed by atoms with Gasteiger partial charge in [-0.15, -0.1) is 10.2 Å². The molecule has 3 rings (SSSR count). The molecule has 0 aliphatic carbocycles. The fourth-order valence-corrected chi connectivity index (χ4v) is 1.86. The molecule has 7 heteroatoms. The van der Waals surface area contributed by atoms with Crippen molar-refractivity contribution in [2.45, 2.75) is 0 Å². The van der Waals surface area contributed by atoms with Crippen LogP contribution in [0.4, 0.5) is 0 Å². The predicted molar refractivity (Wildman–Crippen MR) is 53.4 cm³/mol. The number of nitrogens with one attached hydrogen (secondary N) is 1. The molecule has 0 saturated carbocycles. The molecule has 2 heterocycles. The van der Waals surface area contributed by atoms with Crippen LogP contribution in [0.3, 0.4) is 0 Å². The van der Waals surface area contributed by atoms with E-state index in [2.05, 4.69) is 36.6 Å². The van der Waals surface area contributed by atoms with Gasteiger partial charge in [0, 0.05) is 10.0 Å². The summed E-state index contributed by atoms with van der Waals surface area (Å²) < 4.78 is 11.3. The quantitative estimate of drug-likeness (QED) is 0.846. The van der Waals surface area contributed by atoms with Gasteiger partial charge < -0.3 is 9.47 Å². The second-order valence-corrected chi connectivity index (χ2v) is 3.78. The molecule has 1 N–H and O–H groups in total. The summed E-state index contributed by atoms with van der Waals surface area (Å²) in [4.78, 5) is 0. The Kier molecular flexibility index (Phi) is 1.84. The van der Waals surface area contributed by atoms with Crippen LogP contribution in [0.25, 0.3) is 11.4 Å². The van der Waals surface area contributed by atoms with Gasteiger partial charge in [0.25, 0.3) is 0 Å². The van der Waals surface area contributed by atoms with E-state index in [0.29, 0.717) is 17.3 Å². The minimum Gasteiger partial charge on any atom is -0.454 e. The van der Waals surface area contributed by atoms with Crippen molar-refractivity contribution in [2.24, 2.45) is 0 Å². The molecule has 1 aromatic carbocycles. The zero-order chi connectivity index (χ0) is 10.3. The molecule has 0 saturated heterocycles. The van der Waals surface area contributed by atoms with Crippen LogP contribution in [0.15, 0.2) is 16.6 Å². The molecule has 0 radical (unpaired) electrons. The Balaban J connectivity index is 2.17. The molecule has 6 nitrogen and oxygen atoms in total. The van der Waals surface area contributed by atoms with E-state index in [4.69, 9.17) is 9.47 Å². The lowest BCUT2D eigenvalue weighted by Crippen LogP contribution is -1.92. The topological polar surface area (TPSA) is 72.9 Å². The summed E-state index contributed by atoms with van der Waals surface area (Å²) in [5, 5.41) is 13.7. The number of rotatable bonds is 1. The van der Waals surface area contributed by atoms with Gasteiger partial charge in [-0.05, 0) is 33.3 Å². The number of hydrogen-bond donors (Lipinski definition) is 1. The number of tetrazole rings is 1. The Bertz CT molecular complexity index is 500. The molecular weight excluding hydrogens is 264 g/mol. The van der Waals surface area contributed by atoms with E-state index >= 15 is 0 Å². The Hall–Kier alpha value is -1.63. The van der Waals surface area contributed by atoms with Gasteiger partial charge in [-0.3, -0.25) is 0 Å². The lowest BCUT2D eigenvalue weighted by atomic mass is 10.2. The Morgan fingerprint density at radius 2 is 2.07 bits per heavy atom. The van der Waals surface area contributed by atoms with Crippen LogP contribution in [-0.2, 0) is 0 Å². The van der Waals surface area contributed by atoms with E-state index < -0.39 is 0 Å². The molecule has 0 bridgehead atoms. The summed E-state index contributed by atoms with van der Waals surface area (Å²) in [7, 11) is 0. The Morgan fingerprint density at radius 1 is 1.27 bits per heavy atom. The van der Waals surface area contributed by atoms with Crippen LogP contribution in [0, 0.1) is 0 Å². The molecule has 1 aromatic heterocycles. The van der Waals surface area contributed by atoms with Gasteiger partial charge in [0.2, 0.25) is 12.6 Å². The van der Waals surface area contributed by atoms with Crippen LogP contribution in [0.5, 0.6) is 11.5 Å². The summed E-state index contributed by atoms with van der Waals surface area (Å²) in [5.41, 5.74) is 0.813. The first-order valence-corrected chi connectivity index (χ1v) is 4.97.